The Bertz CT molecular complexity index is 456. The fourth-order valence-electron chi connectivity index (χ4n) is 2.65. The molecule has 20 heavy (non-hydrogen) atoms. The second-order valence-electron chi connectivity index (χ2n) is 5.43. The molecule has 0 amide bonds. The van der Waals surface area contributed by atoms with Gasteiger partial charge < -0.3 is 10.6 Å². The summed E-state index contributed by atoms with van der Waals surface area (Å²) >= 11 is 0. The third kappa shape index (κ3) is 4.11. The van der Waals surface area contributed by atoms with Crippen molar-refractivity contribution in [2.45, 2.75) is 51.5 Å². The molecule has 1 saturated carbocycles. The summed E-state index contributed by atoms with van der Waals surface area (Å²) in [4.78, 5) is 10.7. The van der Waals surface area contributed by atoms with Gasteiger partial charge in [-0.15, -0.1) is 0 Å². The molecule has 1 aromatic rings. The van der Waals surface area contributed by atoms with E-state index in [1.54, 1.807) is 12.1 Å². The predicted molar refractivity (Wildman–Crippen MR) is 82.4 cm³/mol. The fourth-order valence-corrected chi connectivity index (χ4v) is 2.65. The van der Waals surface area contributed by atoms with Gasteiger partial charge in [0.05, 0.1) is 4.92 Å². The van der Waals surface area contributed by atoms with Crippen LogP contribution in [-0.4, -0.2) is 17.5 Å². The molecule has 0 heterocycles. The van der Waals surface area contributed by atoms with Crippen molar-refractivity contribution in [3.8, 4) is 0 Å². The molecule has 1 aliphatic rings. The van der Waals surface area contributed by atoms with E-state index in [1.165, 1.54) is 19.3 Å². The van der Waals surface area contributed by atoms with Crippen LogP contribution in [0.1, 0.15) is 45.4 Å². The Balaban J connectivity index is 2.12. The second kappa shape index (κ2) is 7.12. The summed E-state index contributed by atoms with van der Waals surface area (Å²) in [5.74, 6) is 0. The van der Waals surface area contributed by atoms with Crippen molar-refractivity contribution in [1.29, 1.82) is 0 Å². The summed E-state index contributed by atoms with van der Waals surface area (Å²) in [6.07, 6.45) is 7.09. The summed E-state index contributed by atoms with van der Waals surface area (Å²) in [7, 11) is 0. The number of anilines is 2. The summed E-state index contributed by atoms with van der Waals surface area (Å²) < 4.78 is 0. The summed E-state index contributed by atoms with van der Waals surface area (Å²) in [6, 6.07) is 5.65. The molecule has 0 aromatic heterocycles. The van der Waals surface area contributed by atoms with E-state index in [4.69, 9.17) is 0 Å². The number of hydrogen-bond acceptors (Lipinski definition) is 4. The van der Waals surface area contributed by atoms with Crippen molar-refractivity contribution < 1.29 is 4.92 Å². The first-order valence-electron chi connectivity index (χ1n) is 7.49. The van der Waals surface area contributed by atoms with Crippen LogP contribution in [-0.2, 0) is 0 Å². The molecule has 0 spiro atoms. The highest BCUT2D eigenvalue weighted by atomic mass is 16.6. The van der Waals surface area contributed by atoms with Gasteiger partial charge in [0.1, 0.15) is 0 Å². The van der Waals surface area contributed by atoms with Crippen molar-refractivity contribution in [3.05, 3.63) is 28.3 Å². The van der Waals surface area contributed by atoms with Crippen LogP contribution in [0.4, 0.5) is 17.1 Å². The normalized spacial score (nSPS) is 15.8. The Labute approximate surface area is 119 Å². The maximum Gasteiger partial charge on any atom is 0.273 e. The van der Waals surface area contributed by atoms with Crippen LogP contribution in [0.3, 0.4) is 0 Å². The number of hydrogen-bond donors (Lipinski definition) is 2. The molecule has 0 bridgehead atoms. The quantitative estimate of drug-likeness (QED) is 0.605. The van der Waals surface area contributed by atoms with Crippen molar-refractivity contribution in [1.82, 2.24) is 0 Å². The zero-order valence-electron chi connectivity index (χ0n) is 12.0. The van der Waals surface area contributed by atoms with Crippen LogP contribution in [0.2, 0.25) is 0 Å². The molecule has 0 atom stereocenters. The summed E-state index contributed by atoms with van der Waals surface area (Å²) in [5.41, 5.74) is 1.81. The molecule has 1 fully saturated rings. The number of nitro benzene ring substituents is 1. The second-order valence-corrected chi connectivity index (χ2v) is 5.43. The van der Waals surface area contributed by atoms with E-state index in [1.807, 2.05) is 6.07 Å². The molecule has 110 valence electrons. The topological polar surface area (TPSA) is 67.2 Å². The lowest BCUT2D eigenvalue weighted by atomic mass is 9.95. The van der Waals surface area contributed by atoms with Crippen LogP contribution in [0, 0.1) is 10.1 Å². The van der Waals surface area contributed by atoms with E-state index in [0.717, 1.165) is 37.2 Å². The highest BCUT2D eigenvalue weighted by molar-refractivity contribution is 5.63. The fraction of sp³-hybridized carbons (Fsp3) is 0.600. The van der Waals surface area contributed by atoms with Crippen LogP contribution >= 0.6 is 0 Å². The zero-order valence-corrected chi connectivity index (χ0v) is 12.0. The monoisotopic (exact) mass is 277 g/mol. The van der Waals surface area contributed by atoms with Crippen LogP contribution in [0.15, 0.2) is 18.2 Å². The minimum Gasteiger partial charge on any atom is -0.385 e. The Morgan fingerprint density at radius 1 is 1.20 bits per heavy atom. The molecular formula is C15H23N3O2. The number of nitrogens with one attached hydrogen (secondary N) is 2. The molecule has 2 N–H and O–H groups in total. The molecule has 1 aromatic carbocycles. The van der Waals surface area contributed by atoms with Crippen molar-refractivity contribution >= 4 is 17.1 Å². The molecule has 0 saturated heterocycles. The minimum absolute atomic E-state index is 0.143. The number of rotatable bonds is 6. The lowest BCUT2D eigenvalue weighted by Crippen LogP contribution is -2.22. The molecule has 0 radical (unpaired) electrons. The number of non-ortho nitro benzene ring substituents is 1. The van der Waals surface area contributed by atoms with Crippen LogP contribution in [0.5, 0.6) is 0 Å². The van der Waals surface area contributed by atoms with Gasteiger partial charge in [0, 0.05) is 36.1 Å². The first-order chi connectivity index (χ1) is 9.69. The third-order valence-corrected chi connectivity index (χ3v) is 3.68. The first-order valence-corrected chi connectivity index (χ1v) is 7.49. The van der Waals surface area contributed by atoms with Gasteiger partial charge in [0.15, 0.2) is 0 Å². The lowest BCUT2D eigenvalue weighted by molar-refractivity contribution is -0.384. The smallest absolute Gasteiger partial charge is 0.273 e. The van der Waals surface area contributed by atoms with Gasteiger partial charge in [-0.3, -0.25) is 10.1 Å². The van der Waals surface area contributed by atoms with E-state index in [2.05, 4.69) is 17.6 Å². The standard InChI is InChI=1S/C15H23N3O2/c1-2-8-16-13-9-14(11-15(10-13)18(19)20)17-12-6-4-3-5-7-12/h9-12,16-17H,2-8H2,1H3. The Hall–Kier alpha value is -1.78. The molecule has 5 nitrogen and oxygen atoms in total. The molecule has 5 heteroatoms. The van der Waals surface area contributed by atoms with Gasteiger partial charge in [-0.2, -0.15) is 0 Å². The molecule has 2 rings (SSSR count). The predicted octanol–water partition coefficient (Wildman–Crippen LogP) is 4.16. The van der Waals surface area contributed by atoms with E-state index in [9.17, 15) is 10.1 Å². The van der Waals surface area contributed by atoms with Gasteiger partial charge in [-0.25, -0.2) is 0 Å². The third-order valence-electron chi connectivity index (χ3n) is 3.68. The van der Waals surface area contributed by atoms with Gasteiger partial charge >= 0.3 is 0 Å². The number of benzene rings is 1. The average Bonchev–Trinajstić information content (AvgIpc) is 2.46. The molecule has 1 aliphatic carbocycles. The highest BCUT2D eigenvalue weighted by Gasteiger charge is 2.15. The minimum atomic E-state index is -0.330. The maximum atomic E-state index is 11.0. The van der Waals surface area contributed by atoms with Crippen LogP contribution < -0.4 is 10.6 Å². The van der Waals surface area contributed by atoms with E-state index in [-0.39, 0.29) is 10.6 Å². The van der Waals surface area contributed by atoms with Crippen LogP contribution in [0.25, 0.3) is 0 Å². The van der Waals surface area contributed by atoms with Gasteiger partial charge in [0.25, 0.3) is 5.69 Å². The van der Waals surface area contributed by atoms with Crippen molar-refractivity contribution in [3.63, 3.8) is 0 Å². The van der Waals surface area contributed by atoms with E-state index in [0.29, 0.717) is 6.04 Å². The lowest BCUT2D eigenvalue weighted by Gasteiger charge is -2.24. The highest BCUT2D eigenvalue weighted by Crippen LogP contribution is 2.27. The Kier molecular flexibility index (Phi) is 5.21. The Morgan fingerprint density at radius 3 is 2.55 bits per heavy atom. The summed E-state index contributed by atoms with van der Waals surface area (Å²) in [5, 5.41) is 17.7. The molecular weight excluding hydrogens is 254 g/mol. The Morgan fingerprint density at radius 2 is 1.90 bits per heavy atom. The zero-order chi connectivity index (χ0) is 14.4. The average molecular weight is 277 g/mol. The summed E-state index contributed by atoms with van der Waals surface area (Å²) in [6.45, 7) is 2.90. The molecule has 0 aliphatic heterocycles. The van der Waals surface area contributed by atoms with Crippen molar-refractivity contribution in [2.75, 3.05) is 17.2 Å². The van der Waals surface area contributed by atoms with Gasteiger partial charge in [-0.1, -0.05) is 26.2 Å². The first kappa shape index (κ1) is 14.6. The molecule has 0 unspecified atom stereocenters. The van der Waals surface area contributed by atoms with Gasteiger partial charge in [0.2, 0.25) is 0 Å². The number of nitrogens with zero attached hydrogens (tertiary/aromatic N) is 1. The SMILES string of the molecule is CCCNc1cc(NC2CCCCC2)cc([N+](=O)[O-])c1. The largest absolute Gasteiger partial charge is 0.385 e. The van der Waals surface area contributed by atoms with E-state index >= 15 is 0 Å². The maximum absolute atomic E-state index is 11.0. The van der Waals surface area contributed by atoms with Crippen molar-refractivity contribution in [2.24, 2.45) is 0 Å². The van der Waals surface area contributed by atoms with Gasteiger partial charge in [-0.05, 0) is 25.3 Å². The number of nitro groups is 1. The van der Waals surface area contributed by atoms with E-state index < -0.39 is 0 Å².